The Morgan fingerprint density at radius 1 is 1.21 bits per heavy atom. The van der Waals surface area contributed by atoms with E-state index in [4.69, 9.17) is 9.72 Å². The number of nitrogens with zero attached hydrogens (tertiary/aromatic N) is 5. The van der Waals surface area contributed by atoms with Crippen LogP contribution in [0.4, 0.5) is 9.93 Å². The molecule has 0 atom stereocenters. The predicted molar refractivity (Wildman–Crippen MR) is 126 cm³/mol. The summed E-state index contributed by atoms with van der Waals surface area (Å²) in [5.74, 6) is 0. The first-order valence-electron chi connectivity index (χ1n) is 10.6. The van der Waals surface area contributed by atoms with Gasteiger partial charge in [-0.2, -0.15) is 5.26 Å². The zero-order chi connectivity index (χ0) is 22.6. The minimum absolute atomic E-state index is 0.146. The average Bonchev–Trinajstić information content (AvgIpc) is 3.35. The van der Waals surface area contributed by atoms with Gasteiger partial charge in [-0.3, -0.25) is 5.32 Å². The Kier molecular flexibility index (Phi) is 4.47. The predicted octanol–water partition coefficient (Wildman–Crippen LogP) is 4.10. The van der Waals surface area contributed by atoms with Gasteiger partial charge in [-0.25, -0.2) is 14.8 Å². The number of carbonyl (C=O) groups is 1. The van der Waals surface area contributed by atoms with Crippen molar-refractivity contribution in [3.05, 3.63) is 54.4 Å². The lowest BCUT2D eigenvalue weighted by atomic mass is 9.78. The van der Waals surface area contributed by atoms with E-state index in [1.54, 1.807) is 17.3 Å². The normalized spacial score (nSPS) is 16.3. The number of carbonyl (C=O) groups excluding carboxylic acids is 1. The molecule has 9 heteroatoms. The van der Waals surface area contributed by atoms with Crippen LogP contribution in [-0.2, 0) is 11.8 Å². The molecule has 4 heterocycles. The standard InChI is InChI=1S/C24H20N6O2S/c1-29-14-26-18-6-5-17(8-19(18)29)21-20(16-4-2-3-15(7-16)9-25)27-22(33-21)28-23(31)30-10-24(11-30)12-32-13-24/h2-8,14H,10-13H2,1H3,(H,27,28,31). The van der Waals surface area contributed by atoms with Gasteiger partial charge in [-0.05, 0) is 29.8 Å². The number of ether oxygens (including phenoxy) is 1. The average molecular weight is 457 g/mol. The zero-order valence-electron chi connectivity index (χ0n) is 17.9. The highest BCUT2D eigenvalue weighted by molar-refractivity contribution is 7.19. The highest BCUT2D eigenvalue weighted by Crippen LogP contribution is 2.41. The lowest BCUT2D eigenvalue weighted by Gasteiger charge is -2.54. The van der Waals surface area contributed by atoms with Crippen LogP contribution in [0.1, 0.15) is 5.56 Å². The minimum Gasteiger partial charge on any atom is -0.380 e. The number of aromatic nitrogens is 3. The summed E-state index contributed by atoms with van der Waals surface area (Å²) in [5.41, 5.74) is 5.20. The number of benzene rings is 2. The molecule has 2 saturated heterocycles. The van der Waals surface area contributed by atoms with Gasteiger partial charge in [-0.1, -0.05) is 29.5 Å². The largest absolute Gasteiger partial charge is 0.380 e. The second kappa shape index (κ2) is 7.40. The fourth-order valence-corrected chi connectivity index (χ4v) is 5.39. The van der Waals surface area contributed by atoms with Gasteiger partial charge in [0.1, 0.15) is 0 Å². The first-order valence-corrected chi connectivity index (χ1v) is 11.4. The van der Waals surface area contributed by atoms with Crippen LogP contribution in [0.2, 0.25) is 0 Å². The van der Waals surface area contributed by atoms with Crippen LogP contribution in [0.25, 0.3) is 32.7 Å². The van der Waals surface area contributed by atoms with E-state index in [0.29, 0.717) is 23.8 Å². The molecule has 33 heavy (non-hydrogen) atoms. The van der Waals surface area contributed by atoms with Crippen molar-refractivity contribution in [2.24, 2.45) is 12.5 Å². The maximum atomic E-state index is 12.8. The van der Waals surface area contributed by atoms with Crippen LogP contribution in [0.5, 0.6) is 0 Å². The Bertz CT molecular complexity index is 1440. The van der Waals surface area contributed by atoms with E-state index in [0.717, 1.165) is 45.9 Å². The second-order valence-electron chi connectivity index (χ2n) is 8.73. The van der Waals surface area contributed by atoms with Crippen LogP contribution in [-0.4, -0.2) is 51.8 Å². The molecule has 4 aromatic rings. The van der Waals surface area contributed by atoms with Gasteiger partial charge < -0.3 is 14.2 Å². The summed E-state index contributed by atoms with van der Waals surface area (Å²) in [4.78, 5) is 24.7. The number of likely N-dealkylation sites (tertiary alicyclic amines) is 1. The van der Waals surface area contributed by atoms with Gasteiger partial charge in [0.05, 0.1) is 58.2 Å². The van der Waals surface area contributed by atoms with E-state index in [-0.39, 0.29) is 11.4 Å². The number of hydrogen-bond donors (Lipinski definition) is 1. The number of nitrogens with one attached hydrogen (secondary N) is 1. The molecule has 0 saturated carbocycles. The van der Waals surface area contributed by atoms with Crippen molar-refractivity contribution in [3.8, 4) is 27.8 Å². The third kappa shape index (κ3) is 3.35. The van der Waals surface area contributed by atoms with Crippen LogP contribution in [0.15, 0.2) is 48.8 Å². The molecule has 2 fully saturated rings. The maximum absolute atomic E-state index is 12.8. The molecule has 8 nitrogen and oxygen atoms in total. The van der Waals surface area contributed by atoms with Crippen molar-refractivity contribution in [1.82, 2.24) is 19.4 Å². The molecule has 2 amide bonds. The molecule has 164 valence electrons. The van der Waals surface area contributed by atoms with E-state index in [1.807, 2.05) is 41.9 Å². The first-order chi connectivity index (χ1) is 16.0. The Morgan fingerprint density at radius 2 is 2.06 bits per heavy atom. The van der Waals surface area contributed by atoms with Gasteiger partial charge in [-0.15, -0.1) is 0 Å². The van der Waals surface area contributed by atoms with E-state index >= 15 is 0 Å². The number of rotatable bonds is 3. The summed E-state index contributed by atoms with van der Waals surface area (Å²) in [7, 11) is 1.96. The monoisotopic (exact) mass is 456 g/mol. The van der Waals surface area contributed by atoms with Crippen LogP contribution in [0.3, 0.4) is 0 Å². The Labute approximate surface area is 194 Å². The number of thiazole rings is 1. The van der Waals surface area contributed by atoms with Gasteiger partial charge in [0.25, 0.3) is 0 Å². The van der Waals surface area contributed by atoms with E-state index in [9.17, 15) is 10.1 Å². The molecule has 2 aliphatic heterocycles. The number of urea groups is 1. The third-order valence-electron chi connectivity index (χ3n) is 6.25. The van der Waals surface area contributed by atoms with Crippen LogP contribution in [0, 0.1) is 16.7 Å². The summed E-state index contributed by atoms with van der Waals surface area (Å²) < 4.78 is 7.27. The molecule has 1 spiro atoms. The topological polar surface area (TPSA) is 96.1 Å². The van der Waals surface area contributed by atoms with Crippen LogP contribution >= 0.6 is 11.3 Å². The molecule has 6 rings (SSSR count). The molecule has 1 N–H and O–H groups in total. The molecule has 2 aromatic heterocycles. The summed E-state index contributed by atoms with van der Waals surface area (Å²) in [6.45, 7) is 2.89. The molecule has 2 aliphatic rings. The quantitative estimate of drug-likeness (QED) is 0.501. The van der Waals surface area contributed by atoms with Gasteiger partial charge in [0.15, 0.2) is 5.13 Å². The molecule has 0 aliphatic carbocycles. The first kappa shape index (κ1) is 19.9. The summed E-state index contributed by atoms with van der Waals surface area (Å²) in [6.07, 6.45) is 1.79. The summed E-state index contributed by atoms with van der Waals surface area (Å²) in [5, 5.41) is 12.9. The molecule has 2 aromatic carbocycles. The van der Waals surface area contributed by atoms with Gasteiger partial charge in [0.2, 0.25) is 0 Å². The molecule has 0 unspecified atom stereocenters. The maximum Gasteiger partial charge on any atom is 0.323 e. The smallest absolute Gasteiger partial charge is 0.323 e. The highest BCUT2D eigenvalue weighted by Gasteiger charge is 2.50. The number of hydrogen-bond acceptors (Lipinski definition) is 6. The number of nitriles is 1. The van der Waals surface area contributed by atoms with Gasteiger partial charge >= 0.3 is 6.03 Å². The Balaban J connectivity index is 1.37. The SMILES string of the molecule is Cn1cnc2ccc(-c3sc(NC(=O)N4CC5(COC5)C4)nc3-c3cccc(C#N)c3)cc21. The van der Waals surface area contributed by atoms with Crippen molar-refractivity contribution < 1.29 is 9.53 Å². The van der Waals surface area contributed by atoms with Crippen molar-refractivity contribution in [2.75, 3.05) is 31.6 Å². The summed E-state index contributed by atoms with van der Waals surface area (Å²) in [6, 6.07) is 15.5. The highest BCUT2D eigenvalue weighted by atomic mass is 32.1. The van der Waals surface area contributed by atoms with E-state index in [1.165, 1.54) is 11.3 Å². The number of amides is 2. The molecule has 0 bridgehead atoms. The summed E-state index contributed by atoms with van der Waals surface area (Å²) >= 11 is 1.43. The minimum atomic E-state index is -0.146. The fourth-order valence-electron chi connectivity index (χ4n) is 4.42. The fraction of sp³-hybridized carbons (Fsp3) is 0.250. The van der Waals surface area contributed by atoms with Crippen molar-refractivity contribution in [2.45, 2.75) is 0 Å². The zero-order valence-corrected chi connectivity index (χ0v) is 18.7. The van der Waals surface area contributed by atoms with Crippen molar-refractivity contribution in [3.63, 3.8) is 0 Å². The lowest BCUT2D eigenvalue weighted by molar-refractivity contribution is -0.174. The van der Waals surface area contributed by atoms with Crippen LogP contribution < -0.4 is 5.32 Å². The Hall–Kier alpha value is -3.74. The van der Waals surface area contributed by atoms with Crippen molar-refractivity contribution in [1.29, 1.82) is 5.26 Å². The van der Waals surface area contributed by atoms with E-state index in [2.05, 4.69) is 22.4 Å². The lowest BCUT2D eigenvalue weighted by Crippen LogP contribution is -2.67. The molecule has 0 radical (unpaired) electrons. The molecular weight excluding hydrogens is 436 g/mol. The Morgan fingerprint density at radius 3 is 2.82 bits per heavy atom. The number of imidazole rings is 1. The second-order valence-corrected chi connectivity index (χ2v) is 9.73. The molecular formula is C24H20N6O2S. The number of fused-ring (bicyclic) bond motifs is 1. The van der Waals surface area contributed by atoms with Crippen molar-refractivity contribution >= 4 is 33.5 Å². The van der Waals surface area contributed by atoms with Gasteiger partial charge in [0, 0.05) is 25.7 Å². The third-order valence-corrected chi connectivity index (χ3v) is 7.27. The number of anilines is 1. The number of aryl methyl sites for hydroxylation is 1. The van der Waals surface area contributed by atoms with E-state index < -0.39 is 0 Å².